The minimum Gasteiger partial charge on any atom is -0.312 e. The van der Waals surface area contributed by atoms with Crippen LogP contribution in [0.25, 0.3) is 0 Å². The lowest BCUT2D eigenvalue weighted by Gasteiger charge is -2.22. The summed E-state index contributed by atoms with van der Waals surface area (Å²) in [5, 5.41) is 3.34. The number of ketones is 1. The standard InChI is InChI=1S/C10H13N3OS/c14-10(8-4-11-7-12-5-8)3-9-6-15-2-1-13-9/h4-5,7,9,13H,1-3,6H2. The van der Waals surface area contributed by atoms with Crippen LogP contribution in [0.4, 0.5) is 0 Å². The number of carbonyl (C=O) groups is 1. The minimum absolute atomic E-state index is 0.121. The Labute approximate surface area is 92.9 Å². The lowest BCUT2D eigenvalue weighted by molar-refractivity contribution is 0.0971. The normalized spacial score (nSPS) is 21.2. The van der Waals surface area contributed by atoms with Crippen molar-refractivity contribution in [2.75, 3.05) is 18.1 Å². The van der Waals surface area contributed by atoms with Crippen LogP contribution in [0.2, 0.25) is 0 Å². The average molecular weight is 223 g/mol. The molecule has 0 bridgehead atoms. The van der Waals surface area contributed by atoms with E-state index in [-0.39, 0.29) is 5.78 Å². The number of rotatable bonds is 3. The van der Waals surface area contributed by atoms with E-state index in [2.05, 4.69) is 15.3 Å². The molecule has 1 aromatic heterocycles. The van der Waals surface area contributed by atoms with Gasteiger partial charge in [-0.2, -0.15) is 11.8 Å². The third-order valence-electron chi connectivity index (χ3n) is 2.31. The molecule has 0 spiro atoms. The molecule has 4 nitrogen and oxygen atoms in total. The molecule has 0 saturated carbocycles. The van der Waals surface area contributed by atoms with Gasteiger partial charge in [-0.05, 0) is 0 Å². The van der Waals surface area contributed by atoms with Crippen molar-refractivity contribution in [3.8, 4) is 0 Å². The Kier molecular flexibility index (Phi) is 3.69. The van der Waals surface area contributed by atoms with Crippen LogP contribution in [0, 0.1) is 0 Å². The third kappa shape index (κ3) is 3.00. The highest BCUT2D eigenvalue weighted by atomic mass is 32.2. The second kappa shape index (κ2) is 5.23. The first kappa shape index (κ1) is 10.6. The van der Waals surface area contributed by atoms with Crippen LogP contribution in [0.5, 0.6) is 0 Å². The maximum atomic E-state index is 11.8. The number of Topliss-reactive ketones (excluding diaryl/α,β-unsaturated/α-hetero) is 1. The van der Waals surface area contributed by atoms with Gasteiger partial charge in [0.1, 0.15) is 6.33 Å². The molecule has 1 aliphatic heterocycles. The van der Waals surface area contributed by atoms with Crippen molar-refractivity contribution in [3.63, 3.8) is 0 Å². The number of carbonyl (C=O) groups excluding carboxylic acids is 1. The van der Waals surface area contributed by atoms with E-state index in [1.54, 1.807) is 12.4 Å². The number of hydrogen-bond donors (Lipinski definition) is 1. The SMILES string of the molecule is O=C(CC1CSCCN1)c1cncnc1. The second-order valence-electron chi connectivity index (χ2n) is 3.48. The van der Waals surface area contributed by atoms with Gasteiger partial charge in [-0.25, -0.2) is 9.97 Å². The molecule has 0 amide bonds. The molecule has 0 aliphatic carbocycles. The molecule has 1 aromatic rings. The summed E-state index contributed by atoms with van der Waals surface area (Å²) in [5.74, 6) is 2.27. The quantitative estimate of drug-likeness (QED) is 0.766. The molecule has 1 N–H and O–H groups in total. The Morgan fingerprint density at radius 1 is 1.53 bits per heavy atom. The van der Waals surface area contributed by atoms with Gasteiger partial charge in [0.15, 0.2) is 5.78 Å². The molecule has 0 aromatic carbocycles. The molecule has 15 heavy (non-hydrogen) atoms. The predicted molar refractivity (Wildman–Crippen MR) is 60.1 cm³/mol. The molecule has 2 rings (SSSR count). The molecule has 1 fully saturated rings. The molecule has 1 unspecified atom stereocenters. The molecule has 2 heterocycles. The smallest absolute Gasteiger partial charge is 0.167 e. The minimum atomic E-state index is 0.121. The first-order chi connectivity index (χ1) is 7.36. The first-order valence-corrected chi connectivity index (χ1v) is 6.11. The van der Waals surface area contributed by atoms with E-state index in [9.17, 15) is 4.79 Å². The van der Waals surface area contributed by atoms with Crippen LogP contribution in [-0.4, -0.2) is 39.8 Å². The van der Waals surface area contributed by atoms with E-state index < -0.39 is 0 Å². The van der Waals surface area contributed by atoms with Gasteiger partial charge in [-0.1, -0.05) is 0 Å². The van der Waals surface area contributed by atoms with E-state index in [4.69, 9.17) is 0 Å². The Morgan fingerprint density at radius 3 is 3.00 bits per heavy atom. The molecule has 5 heteroatoms. The summed E-state index contributed by atoms with van der Waals surface area (Å²) in [6.07, 6.45) is 5.13. The van der Waals surface area contributed by atoms with Crippen LogP contribution in [0.15, 0.2) is 18.7 Å². The zero-order chi connectivity index (χ0) is 10.5. The van der Waals surface area contributed by atoms with Crippen molar-refractivity contribution in [1.29, 1.82) is 0 Å². The van der Waals surface area contributed by atoms with E-state index in [1.165, 1.54) is 6.33 Å². The number of aromatic nitrogens is 2. The van der Waals surface area contributed by atoms with E-state index in [0.29, 0.717) is 18.0 Å². The first-order valence-electron chi connectivity index (χ1n) is 4.95. The van der Waals surface area contributed by atoms with Crippen molar-refractivity contribution in [2.45, 2.75) is 12.5 Å². The molecule has 0 radical (unpaired) electrons. The van der Waals surface area contributed by atoms with Gasteiger partial charge in [0.2, 0.25) is 0 Å². The summed E-state index contributed by atoms with van der Waals surface area (Å²) in [4.78, 5) is 19.5. The summed E-state index contributed by atoms with van der Waals surface area (Å²) >= 11 is 1.89. The Morgan fingerprint density at radius 2 is 2.33 bits per heavy atom. The van der Waals surface area contributed by atoms with Gasteiger partial charge >= 0.3 is 0 Å². The van der Waals surface area contributed by atoms with Crippen molar-refractivity contribution >= 4 is 17.5 Å². The Bertz CT molecular complexity index is 325. The van der Waals surface area contributed by atoms with E-state index >= 15 is 0 Å². The van der Waals surface area contributed by atoms with Crippen LogP contribution in [-0.2, 0) is 0 Å². The average Bonchev–Trinajstić information content (AvgIpc) is 2.31. The molecule has 1 aliphatic rings. The van der Waals surface area contributed by atoms with Gasteiger partial charge in [0, 0.05) is 42.9 Å². The largest absolute Gasteiger partial charge is 0.312 e. The molecule has 80 valence electrons. The number of hydrogen-bond acceptors (Lipinski definition) is 5. The highest BCUT2D eigenvalue weighted by molar-refractivity contribution is 7.99. The van der Waals surface area contributed by atoms with Gasteiger partial charge in [-0.15, -0.1) is 0 Å². The van der Waals surface area contributed by atoms with E-state index in [1.807, 2.05) is 11.8 Å². The van der Waals surface area contributed by atoms with E-state index in [0.717, 1.165) is 18.1 Å². The van der Waals surface area contributed by atoms with Crippen LogP contribution < -0.4 is 5.32 Å². The van der Waals surface area contributed by atoms with Gasteiger partial charge < -0.3 is 5.32 Å². The zero-order valence-corrected chi connectivity index (χ0v) is 9.17. The summed E-state index contributed by atoms with van der Waals surface area (Å²) in [6, 6.07) is 0.302. The lowest BCUT2D eigenvalue weighted by atomic mass is 10.1. The molecular formula is C10H13N3OS. The second-order valence-corrected chi connectivity index (χ2v) is 4.63. The predicted octanol–water partition coefficient (Wildman–Crippen LogP) is 0.754. The number of nitrogens with one attached hydrogen (secondary N) is 1. The Hall–Kier alpha value is -0.940. The molecule has 1 saturated heterocycles. The maximum absolute atomic E-state index is 11.8. The summed E-state index contributed by atoms with van der Waals surface area (Å²) in [6.45, 7) is 0.994. The van der Waals surface area contributed by atoms with Crippen LogP contribution >= 0.6 is 11.8 Å². The summed E-state index contributed by atoms with van der Waals surface area (Å²) in [5.41, 5.74) is 0.606. The van der Waals surface area contributed by atoms with Crippen LogP contribution in [0.3, 0.4) is 0 Å². The van der Waals surface area contributed by atoms with Crippen LogP contribution in [0.1, 0.15) is 16.8 Å². The third-order valence-corrected chi connectivity index (χ3v) is 3.44. The zero-order valence-electron chi connectivity index (χ0n) is 8.35. The van der Waals surface area contributed by atoms with Crippen molar-refractivity contribution < 1.29 is 4.79 Å². The highest BCUT2D eigenvalue weighted by Gasteiger charge is 2.17. The van der Waals surface area contributed by atoms with Crippen molar-refractivity contribution in [3.05, 3.63) is 24.3 Å². The summed E-state index contributed by atoms with van der Waals surface area (Å²) < 4.78 is 0. The van der Waals surface area contributed by atoms with Gasteiger partial charge in [0.25, 0.3) is 0 Å². The Balaban J connectivity index is 1.91. The van der Waals surface area contributed by atoms with Gasteiger partial charge in [0.05, 0.1) is 5.56 Å². The molecular weight excluding hydrogens is 210 g/mol. The highest BCUT2D eigenvalue weighted by Crippen LogP contribution is 2.12. The fraction of sp³-hybridized carbons (Fsp3) is 0.500. The maximum Gasteiger partial charge on any atom is 0.167 e. The number of thioether (sulfide) groups is 1. The lowest BCUT2D eigenvalue weighted by Crippen LogP contribution is -2.38. The molecule has 1 atom stereocenters. The number of nitrogens with zero attached hydrogens (tertiary/aromatic N) is 2. The topological polar surface area (TPSA) is 54.9 Å². The fourth-order valence-corrected chi connectivity index (χ4v) is 2.48. The monoisotopic (exact) mass is 223 g/mol. The van der Waals surface area contributed by atoms with Gasteiger partial charge in [-0.3, -0.25) is 4.79 Å². The summed E-state index contributed by atoms with van der Waals surface area (Å²) in [7, 11) is 0. The van der Waals surface area contributed by atoms with Crippen molar-refractivity contribution in [2.24, 2.45) is 0 Å². The fourth-order valence-electron chi connectivity index (χ4n) is 1.54. The van der Waals surface area contributed by atoms with Crippen molar-refractivity contribution in [1.82, 2.24) is 15.3 Å².